The highest BCUT2D eigenvalue weighted by atomic mass is 79.9. The third kappa shape index (κ3) is 6.24. The van der Waals surface area contributed by atoms with Crippen molar-refractivity contribution in [2.24, 2.45) is 11.8 Å². The number of ether oxygens (including phenoxy) is 1. The summed E-state index contributed by atoms with van der Waals surface area (Å²) < 4.78 is 6.73. The van der Waals surface area contributed by atoms with Crippen LogP contribution in [0.3, 0.4) is 0 Å². The number of nitrogens with zero attached hydrogens (tertiary/aromatic N) is 2. The molecule has 4 aliphatic heterocycles. The largest absolute Gasteiger partial charge is 0.444 e. The summed E-state index contributed by atoms with van der Waals surface area (Å²) in [5.74, 6) is 0.361. The molecule has 0 aromatic rings. The summed E-state index contributed by atoms with van der Waals surface area (Å²) >= 11 is 3.85. The first kappa shape index (κ1) is 24.1. The van der Waals surface area contributed by atoms with Crippen molar-refractivity contribution < 1.29 is 14.3 Å². The summed E-state index contributed by atoms with van der Waals surface area (Å²) in [6.07, 6.45) is 9.28. The van der Waals surface area contributed by atoms with Crippen LogP contribution >= 0.6 is 15.9 Å². The minimum Gasteiger partial charge on any atom is -0.444 e. The number of piperidine rings is 1. The molecule has 0 aromatic heterocycles. The predicted octanol–water partition coefficient (Wildman–Crippen LogP) is 5.82. The van der Waals surface area contributed by atoms with Crippen LogP contribution in [0.1, 0.15) is 66.7 Å². The fourth-order valence-electron chi connectivity index (χ4n) is 4.77. The van der Waals surface area contributed by atoms with Gasteiger partial charge in [0.05, 0.1) is 0 Å². The van der Waals surface area contributed by atoms with Gasteiger partial charge >= 0.3 is 6.09 Å². The van der Waals surface area contributed by atoms with Gasteiger partial charge in [0.1, 0.15) is 11.4 Å². The summed E-state index contributed by atoms with van der Waals surface area (Å²) in [6.45, 7) is 12.6. The molecule has 0 spiro atoms. The minimum absolute atomic E-state index is 0.114. The molecule has 4 heterocycles. The summed E-state index contributed by atoms with van der Waals surface area (Å²) in [6, 6.07) is 0. The van der Waals surface area contributed by atoms with Crippen LogP contribution in [0.25, 0.3) is 0 Å². The third-order valence-corrected chi connectivity index (χ3v) is 7.10. The highest BCUT2D eigenvalue weighted by Gasteiger charge is 2.36. The molecule has 4 aliphatic rings. The molecule has 31 heavy (non-hydrogen) atoms. The van der Waals surface area contributed by atoms with Crippen molar-refractivity contribution in [2.45, 2.75) is 72.3 Å². The number of Topliss-reactive ketones (excluding diaryl/α,β-unsaturated/α-hetero) is 1. The Labute approximate surface area is 195 Å². The van der Waals surface area contributed by atoms with Gasteiger partial charge in [0.15, 0.2) is 0 Å². The fourth-order valence-corrected chi connectivity index (χ4v) is 5.54. The van der Waals surface area contributed by atoms with E-state index in [1.165, 1.54) is 21.2 Å². The van der Waals surface area contributed by atoms with E-state index in [-0.39, 0.29) is 17.8 Å². The van der Waals surface area contributed by atoms with Gasteiger partial charge in [0.25, 0.3) is 0 Å². The van der Waals surface area contributed by atoms with E-state index in [1.807, 2.05) is 20.8 Å². The topological polar surface area (TPSA) is 49.9 Å². The lowest BCUT2D eigenvalue weighted by Crippen LogP contribution is -2.47. The molecular formula is C25H37BrN2O3. The van der Waals surface area contributed by atoms with Gasteiger partial charge in [-0.1, -0.05) is 29.3 Å². The van der Waals surface area contributed by atoms with E-state index in [1.54, 1.807) is 11.8 Å². The Morgan fingerprint density at radius 1 is 1.23 bits per heavy atom. The maximum atomic E-state index is 12.5. The predicted molar refractivity (Wildman–Crippen MR) is 128 cm³/mol. The molecule has 2 atom stereocenters. The number of rotatable bonds is 6. The molecule has 0 aromatic carbocycles. The van der Waals surface area contributed by atoms with E-state index >= 15 is 0 Å². The first-order chi connectivity index (χ1) is 14.6. The Morgan fingerprint density at radius 3 is 2.55 bits per heavy atom. The molecule has 2 fully saturated rings. The number of halogens is 1. The number of ketones is 1. The van der Waals surface area contributed by atoms with Crippen LogP contribution in [0, 0.1) is 11.8 Å². The molecule has 0 aliphatic carbocycles. The quantitative estimate of drug-likeness (QED) is 0.468. The summed E-state index contributed by atoms with van der Waals surface area (Å²) in [5, 5.41) is 0. The van der Waals surface area contributed by atoms with Crippen molar-refractivity contribution in [1.82, 2.24) is 9.80 Å². The maximum absolute atomic E-state index is 12.5. The van der Waals surface area contributed by atoms with Crippen molar-refractivity contribution in [3.05, 3.63) is 33.5 Å². The Bertz CT molecular complexity index is 798. The average molecular weight is 493 g/mol. The number of hydrogen-bond donors (Lipinski definition) is 0. The Kier molecular flexibility index (Phi) is 7.72. The van der Waals surface area contributed by atoms with Crippen molar-refractivity contribution in [1.29, 1.82) is 0 Å². The summed E-state index contributed by atoms with van der Waals surface area (Å²) in [7, 11) is 0. The Morgan fingerprint density at radius 2 is 1.94 bits per heavy atom. The average Bonchev–Trinajstić information content (AvgIpc) is 2.62. The van der Waals surface area contributed by atoms with Crippen LogP contribution < -0.4 is 0 Å². The number of hydrogen-bond acceptors (Lipinski definition) is 4. The number of allylic oxidation sites excluding steroid dienone is 4. The number of likely N-dealkylation sites (tertiary alicyclic amines) is 1. The van der Waals surface area contributed by atoms with Gasteiger partial charge in [-0.15, -0.1) is 0 Å². The molecule has 4 rings (SSSR count). The standard InChI is InChI=1S/C25H37BrN2O3/c1-6-7-18-12-23(26)21(20-14-27(13-18)15-20)9-8-19-10-11-28(16-22(19)17(2)29)24(30)31-25(3,4)5/h12-13,19,22H,6-11,14-16H2,1-5H3. The third-order valence-electron chi connectivity index (χ3n) is 6.40. The van der Waals surface area contributed by atoms with Crippen molar-refractivity contribution in [3.63, 3.8) is 0 Å². The van der Waals surface area contributed by atoms with E-state index in [9.17, 15) is 9.59 Å². The molecule has 2 bridgehead atoms. The Balaban J connectivity index is 1.65. The first-order valence-electron chi connectivity index (χ1n) is 11.6. The molecule has 2 unspecified atom stereocenters. The van der Waals surface area contributed by atoms with Crippen molar-refractivity contribution >= 4 is 27.8 Å². The second-order valence-electron chi connectivity index (χ2n) is 10.2. The zero-order valence-corrected chi connectivity index (χ0v) is 21.3. The zero-order valence-electron chi connectivity index (χ0n) is 19.7. The van der Waals surface area contributed by atoms with Crippen LogP contribution in [0.2, 0.25) is 0 Å². The van der Waals surface area contributed by atoms with E-state index in [0.717, 1.165) is 45.2 Å². The normalized spacial score (nSPS) is 24.1. The van der Waals surface area contributed by atoms with Gasteiger partial charge < -0.3 is 14.5 Å². The van der Waals surface area contributed by atoms with Crippen molar-refractivity contribution in [2.75, 3.05) is 26.2 Å². The lowest BCUT2D eigenvalue weighted by molar-refractivity contribution is -0.124. The zero-order chi connectivity index (χ0) is 22.8. The van der Waals surface area contributed by atoms with E-state index in [2.05, 4.69) is 40.0 Å². The van der Waals surface area contributed by atoms with Crippen LogP contribution in [0.4, 0.5) is 4.79 Å². The molecule has 0 saturated carbocycles. The first-order valence-corrected chi connectivity index (χ1v) is 12.4. The number of carbonyl (C=O) groups is 2. The Hall–Kier alpha value is -1.56. The van der Waals surface area contributed by atoms with Crippen LogP contribution in [0.15, 0.2) is 33.5 Å². The SMILES string of the molecule is CCCC1=CN2CC(=C(CCC3CCN(C(=O)OC(C)(C)C)CC3C(C)=O)C(Br)=C1)C2. The maximum Gasteiger partial charge on any atom is 0.410 e. The minimum atomic E-state index is -0.522. The fraction of sp³-hybridized carbons (Fsp3) is 0.680. The molecule has 2 saturated heterocycles. The van der Waals surface area contributed by atoms with Gasteiger partial charge in [-0.25, -0.2) is 4.79 Å². The summed E-state index contributed by atoms with van der Waals surface area (Å²) in [4.78, 5) is 29.0. The highest BCUT2D eigenvalue weighted by Crippen LogP contribution is 2.38. The molecule has 0 radical (unpaired) electrons. The molecule has 6 heteroatoms. The van der Waals surface area contributed by atoms with Gasteiger partial charge in [-0.3, -0.25) is 4.79 Å². The smallest absolute Gasteiger partial charge is 0.410 e. The lowest BCUT2D eigenvalue weighted by atomic mass is 9.79. The van der Waals surface area contributed by atoms with Crippen LogP contribution in [-0.4, -0.2) is 53.5 Å². The number of fused-ring (bicyclic) bond motifs is 2. The van der Waals surface area contributed by atoms with Crippen LogP contribution in [-0.2, 0) is 9.53 Å². The lowest BCUT2D eigenvalue weighted by Gasteiger charge is -2.39. The van der Waals surface area contributed by atoms with E-state index in [4.69, 9.17) is 4.74 Å². The molecular weight excluding hydrogens is 456 g/mol. The number of amides is 1. The molecule has 172 valence electrons. The van der Waals surface area contributed by atoms with Gasteiger partial charge in [0.2, 0.25) is 0 Å². The highest BCUT2D eigenvalue weighted by molar-refractivity contribution is 9.12. The summed E-state index contributed by atoms with van der Waals surface area (Å²) in [5.41, 5.74) is 3.76. The second-order valence-corrected chi connectivity index (χ2v) is 11.0. The monoisotopic (exact) mass is 492 g/mol. The van der Waals surface area contributed by atoms with E-state index < -0.39 is 5.60 Å². The van der Waals surface area contributed by atoms with Crippen molar-refractivity contribution in [3.8, 4) is 0 Å². The molecule has 1 amide bonds. The second kappa shape index (κ2) is 9.93. The van der Waals surface area contributed by atoms with Gasteiger partial charge in [-0.2, -0.15) is 0 Å². The molecule has 5 nitrogen and oxygen atoms in total. The van der Waals surface area contributed by atoms with Crippen LogP contribution in [0.5, 0.6) is 0 Å². The van der Waals surface area contributed by atoms with Gasteiger partial charge in [0, 0.05) is 42.8 Å². The number of carbonyl (C=O) groups excluding carboxylic acids is 2. The van der Waals surface area contributed by atoms with E-state index in [0.29, 0.717) is 19.0 Å². The van der Waals surface area contributed by atoms with Gasteiger partial charge in [-0.05, 0) is 82.1 Å². The molecule has 0 N–H and O–H groups in total.